The van der Waals surface area contributed by atoms with Crippen LogP contribution in [-0.2, 0) is 4.79 Å². The predicted octanol–water partition coefficient (Wildman–Crippen LogP) is 2.75. The number of aliphatic carboxylic acids is 1. The van der Waals surface area contributed by atoms with Gasteiger partial charge in [0.15, 0.2) is 0 Å². The third-order valence-corrected chi connectivity index (χ3v) is 4.72. The van der Waals surface area contributed by atoms with Crippen LogP contribution in [0.25, 0.3) is 0 Å². The highest BCUT2D eigenvalue weighted by atomic mass is 16.4. The van der Waals surface area contributed by atoms with Crippen molar-refractivity contribution in [2.45, 2.75) is 64.5 Å². The summed E-state index contributed by atoms with van der Waals surface area (Å²) in [6.07, 6.45) is 6.69. The van der Waals surface area contributed by atoms with E-state index < -0.39 is 5.97 Å². The first-order valence-corrected chi connectivity index (χ1v) is 7.12. The van der Waals surface area contributed by atoms with Crippen molar-refractivity contribution in [3.05, 3.63) is 0 Å². The fourth-order valence-corrected chi connectivity index (χ4v) is 3.74. The molecule has 1 heterocycles. The highest BCUT2D eigenvalue weighted by Crippen LogP contribution is 2.36. The lowest BCUT2D eigenvalue weighted by Crippen LogP contribution is -2.48. The quantitative estimate of drug-likeness (QED) is 0.823. The standard InChI is InChI=1S/C14H25NO2/c1-3-11-5-4-8-15(11)13-9-10(2)6-7-12(13)14(16)17/h10-13H,3-9H2,1-2H3,(H,16,17). The molecule has 1 saturated carbocycles. The molecule has 1 saturated heterocycles. The van der Waals surface area contributed by atoms with Crippen LogP contribution in [0, 0.1) is 11.8 Å². The molecule has 0 aromatic carbocycles. The van der Waals surface area contributed by atoms with E-state index in [9.17, 15) is 9.90 Å². The summed E-state index contributed by atoms with van der Waals surface area (Å²) in [6, 6.07) is 0.927. The summed E-state index contributed by atoms with van der Waals surface area (Å²) in [5.41, 5.74) is 0. The van der Waals surface area contributed by atoms with E-state index in [0.29, 0.717) is 18.0 Å². The summed E-state index contributed by atoms with van der Waals surface area (Å²) in [7, 11) is 0. The zero-order valence-electron chi connectivity index (χ0n) is 11.1. The van der Waals surface area contributed by atoms with Crippen molar-refractivity contribution in [1.29, 1.82) is 0 Å². The van der Waals surface area contributed by atoms with Gasteiger partial charge in [-0.1, -0.05) is 13.8 Å². The maximum atomic E-state index is 11.4. The Kier molecular flexibility index (Phi) is 4.08. The summed E-state index contributed by atoms with van der Waals surface area (Å²) in [5.74, 6) is -0.0179. The van der Waals surface area contributed by atoms with Gasteiger partial charge in [0.2, 0.25) is 0 Å². The summed E-state index contributed by atoms with van der Waals surface area (Å²) in [6.45, 7) is 5.60. The molecule has 0 radical (unpaired) electrons. The van der Waals surface area contributed by atoms with Gasteiger partial charge in [0.25, 0.3) is 0 Å². The highest BCUT2D eigenvalue weighted by Gasteiger charge is 2.40. The van der Waals surface area contributed by atoms with Gasteiger partial charge in [-0.3, -0.25) is 9.69 Å². The molecule has 98 valence electrons. The van der Waals surface area contributed by atoms with Crippen molar-refractivity contribution in [3.8, 4) is 0 Å². The average Bonchev–Trinajstić information content (AvgIpc) is 2.76. The van der Waals surface area contributed by atoms with Crippen LogP contribution in [-0.4, -0.2) is 34.6 Å². The maximum absolute atomic E-state index is 11.4. The van der Waals surface area contributed by atoms with E-state index >= 15 is 0 Å². The van der Waals surface area contributed by atoms with Crippen LogP contribution >= 0.6 is 0 Å². The molecule has 0 aromatic rings. The molecule has 1 aliphatic carbocycles. The second kappa shape index (κ2) is 5.38. The van der Waals surface area contributed by atoms with Crippen molar-refractivity contribution < 1.29 is 9.90 Å². The second-order valence-electron chi connectivity index (χ2n) is 5.87. The molecule has 0 amide bonds. The molecule has 3 nitrogen and oxygen atoms in total. The lowest BCUT2D eigenvalue weighted by molar-refractivity contribution is -0.146. The minimum Gasteiger partial charge on any atom is -0.481 e. The molecule has 0 bridgehead atoms. The van der Waals surface area contributed by atoms with Crippen LogP contribution in [0.3, 0.4) is 0 Å². The first kappa shape index (κ1) is 12.9. The van der Waals surface area contributed by atoms with Gasteiger partial charge in [-0.05, 0) is 51.0 Å². The molecule has 3 heteroatoms. The first-order valence-electron chi connectivity index (χ1n) is 7.12. The molecule has 0 spiro atoms. The Balaban J connectivity index is 2.11. The van der Waals surface area contributed by atoms with E-state index in [1.165, 1.54) is 12.8 Å². The summed E-state index contributed by atoms with van der Waals surface area (Å²) in [5, 5.41) is 9.39. The third-order valence-electron chi connectivity index (χ3n) is 4.72. The number of hydrogen-bond donors (Lipinski definition) is 1. The molecule has 1 N–H and O–H groups in total. The topological polar surface area (TPSA) is 40.5 Å². The monoisotopic (exact) mass is 239 g/mol. The van der Waals surface area contributed by atoms with Crippen LogP contribution in [0.2, 0.25) is 0 Å². The van der Waals surface area contributed by atoms with E-state index in [-0.39, 0.29) is 5.92 Å². The number of hydrogen-bond acceptors (Lipinski definition) is 2. The number of likely N-dealkylation sites (tertiary alicyclic amines) is 1. The van der Waals surface area contributed by atoms with Gasteiger partial charge in [-0.15, -0.1) is 0 Å². The first-order chi connectivity index (χ1) is 8.13. The summed E-state index contributed by atoms with van der Waals surface area (Å²) >= 11 is 0. The van der Waals surface area contributed by atoms with Crippen LogP contribution in [0.1, 0.15) is 52.4 Å². The van der Waals surface area contributed by atoms with Gasteiger partial charge in [0.05, 0.1) is 5.92 Å². The van der Waals surface area contributed by atoms with Crippen LogP contribution in [0.5, 0.6) is 0 Å². The van der Waals surface area contributed by atoms with Gasteiger partial charge in [-0.25, -0.2) is 0 Å². The van der Waals surface area contributed by atoms with Gasteiger partial charge in [0.1, 0.15) is 0 Å². The molecular formula is C14H25NO2. The Bertz CT molecular complexity index is 279. The fraction of sp³-hybridized carbons (Fsp3) is 0.929. The van der Waals surface area contributed by atoms with E-state index in [1.54, 1.807) is 0 Å². The number of carboxylic acids is 1. The third kappa shape index (κ3) is 2.65. The maximum Gasteiger partial charge on any atom is 0.308 e. The smallest absolute Gasteiger partial charge is 0.308 e. The largest absolute Gasteiger partial charge is 0.481 e. The Morgan fingerprint density at radius 2 is 2.12 bits per heavy atom. The molecule has 2 fully saturated rings. The molecular weight excluding hydrogens is 214 g/mol. The number of carboxylic acid groups (broad SMARTS) is 1. The van der Waals surface area contributed by atoms with Crippen molar-refractivity contribution >= 4 is 5.97 Å². The highest BCUT2D eigenvalue weighted by molar-refractivity contribution is 5.71. The van der Waals surface area contributed by atoms with Gasteiger partial charge in [-0.2, -0.15) is 0 Å². The lowest BCUT2D eigenvalue weighted by Gasteiger charge is -2.41. The van der Waals surface area contributed by atoms with Gasteiger partial charge in [0, 0.05) is 12.1 Å². The predicted molar refractivity (Wildman–Crippen MR) is 67.9 cm³/mol. The minimum absolute atomic E-state index is 0.127. The molecule has 2 aliphatic rings. The van der Waals surface area contributed by atoms with Crippen molar-refractivity contribution in [2.24, 2.45) is 11.8 Å². The number of rotatable bonds is 3. The summed E-state index contributed by atoms with van der Waals surface area (Å²) < 4.78 is 0. The SMILES string of the molecule is CCC1CCCN1C1CC(C)CCC1C(=O)O. The molecule has 0 aromatic heterocycles. The molecule has 17 heavy (non-hydrogen) atoms. The van der Waals surface area contributed by atoms with Crippen molar-refractivity contribution in [3.63, 3.8) is 0 Å². The molecule has 1 aliphatic heterocycles. The van der Waals surface area contributed by atoms with E-state index in [2.05, 4.69) is 18.7 Å². The molecule has 4 atom stereocenters. The van der Waals surface area contributed by atoms with E-state index in [4.69, 9.17) is 0 Å². The van der Waals surface area contributed by atoms with Crippen LogP contribution in [0.4, 0.5) is 0 Å². The Hall–Kier alpha value is -0.570. The Labute approximate surface area is 104 Å². The fourth-order valence-electron chi connectivity index (χ4n) is 3.74. The Morgan fingerprint density at radius 3 is 2.76 bits per heavy atom. The average molecular weight is 239 g/mol. The summed E-state index contributed by atoms with van der Waals surface area (Å²) in [4.78, 5) is 13.9. The van der Waals surface area contributed by atoms with E-state index in [0.717, 1.165) is 32.2 Å². The molecule has 2 rings (SSSR count). The number of carbonyl (C=O) groups is 1. The van der Waals surface area contributed by atoms with Crippen molar-refractivity contribution in [1.82, 2.24) is 4.90 Å². The van der Waals surface area contributed by atoms with E-state index in [1.807, 2.05) is 0 Å². The minimum atomic E-state index is -0.580. The zero-order chi connectivity index (χ0) is 12.4. The van der Waals surface area contributed by atoms with Crippen LogP contribution < -0.4 is 0 Å². The normalized spacial score (nSPS) is 39.4. The number of nitrogens with zero attached hydrogens (tertiary/aromatic N) is 1. The second-order valence-corrected chi connectivity index (χ2v) is 5.87. The lowest BCUT2D eigenvalue weighted by atomic mass is 9.78. The molecule has 4 unspecified atom stereocenters. The van der Waals surface area contributed by atoms with Gasteiger partial charge < -0.3 is 5.11 Å². The van der Waals surface area contributed by atoms with Crippen LogP contribution in [0.15, 0.2) is 0 Å². The van der Waals surface area contributed by atoms with Gasteiger partial charge >= 0.3 is 5.97 Å². The van der Waals surface area contributed by atoms with Crippen molar-refractivity contribution in [2.75, 3.05) is 6.54 Å². The Morgan fingerprint density at radius 1 is 1.35 bits per heavy atom. The zero-order valence-corrected chi connectivity index (χ0v) is 11.1.